The lowest BCUT2D eigenvalue weighted by Crippen LogP contribution is -2.32. The number of aliphatic hydroxyl groups excluding tert-OH is 1. The van der Waals surface area contributed by atoms with E-state index < -0.39 is 0 Å². The number of hydrogen-bond donors (Lipinski definition) is 1. The summed E-state index contributed by atoms with van der Waals surface area (Å²) in [6.07, 6.45) is 1.24. The molecule has 3 aromatic rings. The van der Waals surface area contributed by atoms with Crippen LogP contribution in [0.5, 0.6) is 0 Å². The SMILES string of the molecule is OC[C@H](c1ccccc1)N(Cc1ccccc1)C[C@H]1C[C@@H]1c1ccccc1. The highest BCUT2D eigenvalue weighted by Crippen LogP contribution is 2.48. The van der Waals surface area contributed by atoms with E-state index >= 15 is 0 Å². The summed E-state index contributed by atoms with van der Waals surface area (Å²) in [7, 11) is 0. The van der Waals surface area contributed by atoms with Gasteiger partial charge in [-0.1, -0.05) is 91.0 Å². The fraction of sp³-hybridized carbons (Fsp3) is 0.280. The third-order valence-corrected chi connectivity index (χ3v) is 5.65. The van der Waals surface area contributed by atoms with Crippen LogP contribution in [0.2, 0.25) is 0 Å². The summed E-state index contributed by atoms with van der Waals surface area (Å²) in [5.74, 6) is 1.31. The molecule has 1 saturated carbocycles. The number of rotatable bonds is 8. The molecule has 0 bridgehead atoms. The second kappa shape index (κ2) is 8.51. The van der Waals surface area contributed by atoms with Crippen LogP contribution in [0.3, 0.4) is 0 Å². The summed E-state index contributed by atoms with van der Waals surface area (Å²) in [5.41, 5.74) is 3.93. The van der Waals surface area contributed by atoms with Crippen molar-refractivity contribution >= 4 is 0 Å². The second-order valence-electron chi connectivity index (χ2n) is 7.54. The summed E-state index contributed by atoms with van der Waals surface area (Å²) in [6.45, 7) is 2.01. The molecule has 0 heterocycles. The predicted octanol–water partition coefficient (Wildman–Crippen LogP) is 5.03. The van der Waals surface area contributed by atoms with Crippen molar-refractivity contribution in [2.45, 2.75) is 24.9 Å². The van der Waals surface area contributed by atoms with E-state index in [1.54, 1.807) is 0 Å². The van der Waals surface area contributed by atoms with Gasteiger partial charge in [-0.2, -0.15) is 0 Å². The number of benzene rings is 3. The van der Waals surface area contributed by atoms with Crippen molar-refractivity contribution in [1.29, 1.82) is 0 Å². The van der Waals surface area contributed by atoms with Gasteiger partial charge in [-0.3, -0.25) is 4.90 Å². The molecule has 1 aliphatic carbocycles. The number of aliphatic hydroxyl groups is 1. The lowest BCUT2D eigenvalue weighted by molar-refractivity contribution is 0.111. The maximum atomic E-state index is 10.2. The zero-order valence-corrected chi connectivity index (χ0v) is 15.6. The van der Waals surface area contributed by atoms with E-state index in [1.165, 1.54) is 23.1 Å². The van der Waals surface area contributed by atoms with Gasteiger partial charge < -0.3 is 5.11 Å². The van der Waals surface area contributed by atoms with E-state index in [0.29, 0.717) is 11.8 Å². The Morgan fingerprint density at radius 3 is 2.04 bits per heavy atom. The van der Waals surface area contributed by atoms with E-state index in [1.807, 2.05) is 6.07 Å². The number of hydrogen-bond acceptors (Lipinski definition) is 2. The second-order valence-corrected chi connectivity index (χ2v) is 7.54. The minimum atomic E-state index is 0.0310. The van der Waals surface area contributed by atoms with E-state index in [4.69, 9.17) is 0 Å². The molecular weight excluding hydrogens is 330 g/mol. The van der Waals surface area contributed by atoms with Gasteiger partial charge in [-0.15, -0.1) is 0 Å². The molecule has 0 aliphatic heterocycles. The first kappa shape index (κ1) is 18.0. The van der Waals surface area contributed by atoms with Gasteiger partial charge in [0, 0.05) is 13.1 Å². The van der Waals surface area contributed by atoms with Crippen molar-refractivity contribution in [3.63, 3.8) is 0 Å². The van der Waals surface area contributed by atoms with E-state index in [0.717, 1.165) is 13.1 Å². The van der Waals surface area contributed by atoms with Crippen LogP contribution in [-0.2, 0) is 6.54 Å². The van der Waals surface area contributed by atoms with Gasteiger partial charge in [-0.25, -0.2) is 0 Å². The first-order valence-corrected chi connectivity index (χ1v) is 9.84. The zero-order valence-electron chi connectivity index (χ0n) is 15.6. The molecule has 1 N–H and O–H groups in total. The van der Waals surface area contributed by atoms with Crippen molar-refractivity contribution in [3.8, 4) is 0 Å². The third-order valence-electron chi connectivity index (χ3n) is 5.65. The molecule has 0 aromatic heterocycles. The first-order chi connectivity index (χ1) is 13.3. The van der Waals surface area contributed by atoms with Crippen molar-refractivity contribution in [2.75, 3.05) is 13.2 Å². The monoisotopic (exact) mass is 357 g/mol. The Morgan fingerprint density at radius 2 is 1.41 bits per heavy atom. The smallest absolute Gasteiger partial charge is 0.0628 e. The average Bonchev–Trinajstić information content (AvgIpc) is 3.50. The number of nitrogens with zero attached hydrogens (tertiary/aromatic N) is 1. The molecule has 0 spiro atoms. The molecule has 2 nitrogen and oxygen atoms in total. The zero-order chi connectivity index (χ0) is 18.5. The Kier molecular flexibility index (Phi) is 5.66. The average molecular weight is 357 g/mol. The molecule has 3 atom stereocenters. The molecule has 138 valence electrons. The van der Waals surface area contributed by atoms with Gasteiger partial charge in [0.05, 0.1) is 12.6 Å². The molecule has 0 unspecified atom stereocenters. The minimum Gasteiger partial charge on any atom is -0.394 e. The molecule has 0 radical (unpaired) electrons. The summed E-state index contributed by atoms with van der Waals surface area (Å²) < 4.78 is 0. The lowest BCUT2D eigenvalue weighted by Gasteiger charge is -2.31. The molecule has 1 aliphatic rings. The quantitative estimate of drug-likeness (QED) is 0.611. The predicted molar refractivity (Wildman–Crippen MR) is 110 cm³/mol. The van der Waals surface area contributed by atoms with Crippen LogP contribution in [0, 0.1) is 5.92 Å². The van der Waals surface area contributed by atoms with Crippen molar-refractivity contribution in [1.82, 2.24) is 4.90 Å². The van der Waals surface area contributed by atoms with Crippen molar-refractivity contribution < 1.29 is 5.11 Å². The van der Waals surface area contributed by atoms with Crippen LogP contribution in [0.15, 0.2) is 91.0 Å². The highest BCUT2D eigenvalue weighted by Gasteiger charge is 2.40. The normalized spacial score (nSPS) is 19.8. The van der Waals surface area contributed by atoms with Gasteiger partial charge in [0.25, 0.3) is 0 Å². The van der Waals surface area contributed by atoms with Crippen LogP contribution < -0.4 is 0 Å². The Balaban J connectivity index is 1.53. The van der Waals surface area contributed by atoms with Gasteiger partial charge in [0.15, 0.2) is 0 Å². The molecule has 0 saturated heterocycles. The van der Waals surface area contributed by atoms with E-state index in [9.17, 15) is 5.11 Å². The van der Waals surface area contributed by atoms with Crippen LogP contribution in [-0.4, -0.2) is 23.2 Å². The summed E-state index contributed by atoms with van der Waals surface area (Å²) >= 11 is 0. The molecular formula is C25H27NO. The third kappa shape index (κ3) is 4.47. The summed E-state index contributed by atoms with van der Waals surface area (Å²) in [4.78, 5) is 2.46. The fourth-order valence-corrected chi connectivity index (χ4v) is 4.09. The van der Waals surface area contributed by atoms with Gasteiger partial charge in [0.1, 0.15) is 0 Å². The Morgan fingerprint density at radius 1 is 0.815 bits per heavy atom. The Hall–Kier alpha value is -2.42. The van der Waals surface area contributed by atoms with Crippen LogP contribution in [0.25, 0.3) is 0 Å². The lowest BCUT2D eigenvalue weighted by atomic mass is 10.0. The Bertz CT molecular complexity index is 819. The van der Waals surface area contributed by atoms with Gasteiger partial charge in [0.2, 0.25) is 0 Å². The van der Waals surface area contributed by atoms with Gasteiger partial charge >= 0.3 is 0 Å². The standard InChI is InChI=1S/C25H27NO/c27-19-25(22-14-8-3-9-15-22)26(17-20-10-4-1-5-11-20)18-23-16-24(23)21-12-6-2-7-13-21/h1-15,23-25,27H,16-19H2/t23-,24-,25-/m1/s1. The van der Waals surface area contributed by atoms with E-state index in [2.05, 4.69) is 89.8 Å². The minimum absolute atomic E-state index is 0.0310. The largest absolute Gasteiger partial charge is 0.394 e. The molecule has 27 heavy (non-hydrogen) atoms. The highest BCUT2D eigenvalue weighted by molar-refractivity contribution is 5.26. The summed E-state index contributed by atoms with van der Waals surface area (Å²) in [6, 6.07) is 31.9. The highest BCUT2D eigenvalue weighted by atomic mass is 16.3. The topological polar surface area (TPSA) is 23.5 Å². The molecule has 3 aromatic carbocycles. The molecule has 1 fully saturated rings. The van der Waals surface area contributed by atoms with Crippen molar-refractivity contribution in [2.24, 2.45) is 5.92 Å². The van der Waals surface area contributed by atoms with E-state index in [-0.39, 0.29) is 12.6 Å². The first-order valence-electron chi connectivity index (χ1n) is 9.84. The van der Waals surface area contributed by atoms with Crippen molar-refractivity contribution in [3.05, 3.63) is 108 Å². The molecule has 0 amide bonds. The fourth-order valence-electron chi connectivity index (χ4n) is 4.09. The van der Waals surface area contributed by atoms with Gasteiger partial charge in [-0.05, 0) is 34.9 Å². The molecule has 4 rings (SSSR count). The maximum absolute atomic E-state index is 10.2. The maximum Gasteiger partial charge on any atom is 0.0628 e. The summed E-state index contributed by atoms with van der Waals surface area (Å²) in [5, 5.41) is 10.2. The Labute approximate surface area is 162 Å². The molecule has 2 heteroatoms. The van der Waals surface area contributed by atoms with Crippen LogP contribution in [0.1, 0.15) is 35.1 Å². The van der Waals surface area contributed by atoms with Crippen LogP contribution in [0.4, 0.5) is 0 Å². The van der Waals surface area contributed by atoms with Crippen LogP contribution >= 0.6 is 0 Å².